The molecular weight excluding hydrogens is 224 g/mol. The molecule has 98 valence electrons. The molecule has 0 aliphatic carbocycles. The van der Waals surface area contributed by atoms with Gasteiger partial charge in [0.2, 0.25) is 0 Å². The van der Waals surface area contributed by atoms with E-state index in [0.717, 1.165) is 19.5 Å². The molecule has 1 unspecified atom stereocenters. The average molecular weight is 246 g/mol. The Hall–Kier alpha value is -1.55. The molecule has 2 aromatic rings. The van der Waals surface area contributed by atoms with Gasteiger partial charge in [-0.3, -0.25) is 0 Å². The molecule has 0 aliphatic rings. The maximum Gasteiger partial charge on any atom is 0.0948 e. The van der Waals surface area contributed by atoms with Crippen molar-refractivity contribution in [2.45, 2.75) is 39.4 Å². The largest absolute Gasteiger partial charge is 0.348 e. The lowest BCUT2D eigenvalue weighted by molar-refractivity contribution is 0.574. The van der Waals surface area contributed by atoms with Gasteiger partial charge in [-0.15, -0.1) is 0 Å². The molecular formula is C14H22N4. The van der Waals surface area contributed by atoms with Crippen LogP contribution in [-0.4, -0.2) is 21.2 Å². The molecule has 0 saturated carbocycles. The Morgan fingerprint density at radius 1 is 1.39 bits per heavy atom. The zero-order valence-corrected chi connectivity index (χ0v) is 11.4. The Morgan fingerprint density at radius 2 is 2.22 bits per heavy atom. The summed E-state index contributed by atoms with van der Waals surface area (Å²) in [7, 11) is 2.01. The number of aromatic nitrogens is 3. The van der Waals surface area contributed by atoms with Gasteiger partial charge in [0, 0.05) is 31.2 Å². The SMILES string of the molecule is CCC(NC)c1ccn(Cc2cncn2CC)c1. The molecule has 4 nitrogen and oxygen atoms in total. The van der Waals surface area contributed by atoms with Crippen molar-refractivity contribution in [3.8, 4) is 0 Å². The molecule has 0 fully saturated rings. The van der Waals surface area contributed by atoms with Gasteiger partial charge in [0.05, 0.1) is 18.6 Å². The fraction of sp³-hybridized carbons (Fsp3) is 0.500. The minimum Gasteiger partial charge on any atom is -0.348 e. The summed E-state index contributed by atoms with van der Waals surface area (Å²) in [5, 5.41) is 3.33. The Bertz CT molecular complexity index is 479. The van der Waals surface area contributed by atoms with Crippen LogP contribution in [0, 0.1) is 0 Å². The predicted octanol–water partition coefficient (Wildman–Crippen LogP) is 2.42. The van der Waals surface area contributed by atoms with Crippen molar-refractivity contribution >= 4 is 0 Å². The lowest BCUT2D eigenvalue weighted by Crippen LogP contribution is -2.14. The zero-order chi connectivity index (χ0) is 13.0. The van der Waals surface area contributed by atoms with E-state index in [4.69, 9.17) is 0 Å². The third-order valence-corrected chi connectivity index (χ3v) is 3.42. The van der Waals surface area contributed by atoms with Crippen LogP contribution in [0.25, 0.3) is 0 Å². The highest BCUT2D eigenvalue weighted by molar-refractivity contribution is 5.16. The second kappa shape index (κ2) is 5.87. The maximum atomic E-state index is 4.20. The fourth-order valence-electron chi connectivity index (χ4n) is 2.32. The zero-order valence-electron chi connectivity index (χ0n) is 11.4. The molecule has 1 N–H and O–H groups in total. The van der Waals surface area contributed by atoms with Crippen molar-refractivity contribution in [2.24, 2.45) is 0 Å². The molecule has 1 atom stereocenters. The first kappa shape index (κ1) is 12.9. The fourth-order valence-corrected chi connectivity index (χ4v) is 2.32. The molecule has 0 saturated heterocycles. The van der Waals surface area contributed by atoms with E-state index in [1.54, 1.807) is 0 Å². The lowest BCUT2D eigenvalue weighted by atomic mass is 10.1. The topological polar surface area (TPSA) is 34.8 Å². The molecule has 0 aliphatic heterocycles. The average Bonchev–Trinajstić information content (AvgIpc) is 3.01. The first-order valence-corrected chi connectivity index (χ1v) is 6.60. The van der Waals surface area contributed by atoms with Crippen LogP contribution in [0.15, 0.2) is 31.0 Å². The summed E-state index contributed by atoms with van der Waals surface area (Å²) in [5.74, 6) is 0. The Morgan fingerprint density at radius 3 is 2.89 bits per heavy atom. The van der Waals surface area contributed by atoms with E-state index >= 15 is 0 Å². The Labute approximate surface area is 109 Å². The van der Waals surface area contributed by atoms with Crippen molar-refractivity contribution in [1.82, 2.24) is 19.4 Å². The summed E-state index contributed by atoms with van der Waals surface area (Å²) in [6.07, 6.45) is 9.30. The van der Waals surface area contributed by atoms with Gasteiger partial charge in [-0.25, -0.2) is 4.98 Å². The normalized spacial score (nSPS) is 12.8. The second-order valence-electron chi connectivity index (χ2n) is 4.54. The van der Waals surface area contributed by atoms with Gasteiger partial charge < -0.3 is 14.5 Å². The van der Waals surface area contributed by atoms with Crippen molar-refractivity contribution < 1.29 is 0 Å². The minimum atomic E-state index is 0.447. The quantitative estimate of drug-likeness (QED) is 0.849. The van der Waals surface area contributed by atoms with Gasteiger partial charge in [0.25, 0.3) is 0 Å². The van der Waals surface area contributed by atoms with Gasteiger partial charge >= 0.3 is 0 Å². The van der Waals surface area contributed by atoms with Gasteiger partial charge in [0.1, 0.15) is 0 Å². The predicted molar refractivity (Wildman–Crippen MR) is 73.5 cm³/mol. The van der Waals surface area contributed by atoms with E-state index < -0.39 is 0 Å². The molecule has 0 amide bonds. The second-order valence-corrected chi connectivity index (χ2v) is 4.54. The number of nitrogens with one attached hydrogen (secondary N) is 1. The lowest BCUT2D eigenvalue weighted by Gasteiger charge is -2.11. The van der Waals surface area contributed by atoms with E-state index in [2.05, 4.69) is 51.7 Å². The summed E-state index contributed by atoms with van der Waals surface area (Å²) in [6, 6.07) is 2.64. The van der Waals surface area contributed by atoms with Crippen molar-refractivity contribution in [3.63, 3.8) is 0 Å². The Balaban J connectivity index is 2.11. The van der Waals surface area contributed by atoms with Gasteiger partial charge in [0.15, 0.2) is 0 Å². The summed E-state index contributed by atoms with van der Waals surface area (Å²) in [5.41, 5.74) is 2.60. The number of aryl methyl sites for hydroxylation is 1. The molecule has 4 heteroatoms. The van der Waals surface area contributed by atoms with E-state index in [9.17, 15) is 0 Å². The molecule has 0 aromatic carbocycles. The van der Waals surface area contributed by atoms with Crippen LogP contribution >= 0.6 is 0 Å². The van der Waals surface area contributed by atoms with E-state index in [-0.39, 0.29) is 0 Å². The highest BCUT2D eigenvalue weighted by Crippen LogP contribution is 2.17. The highest BCUT2D eigenvalue weighted by Gasteiger charge is 2.08. The number of hydrogen-bond donors (Lipinski definition) is 1. The van der Waals surface area contributed by atoms with Gasteiger partial charge in [-0.2, -0.15) is 0 Å². The van der Waals surface area contributed by atoms with E-state index in [1.807, 2.05) is 19.6 Å². The molecule has 2 aromatic heterocycles. The summed E-state index contributed by atoms with van der Waals surface area (Å²) in [6.45, 7) is 6.19. The first-order chi connectivity index (χ1) is 8.78. The van der Waals surface area contributed by atoms with E-state index in [1.165, 1.54) is 11.3 Å². The van der Waals surface area contributed by atoms with Gasteiger partial charge in [-0.1, -0.05) is 6.92 Å². The van der Waals surface area contributed by atoms with Crippen LogP contribution in [0.3, 0.4) is 0 Å². The van der Waals surface area contributed by atoms with E-state index in [0.29, 0.717) is 6.04 Å². The van der Waals surface area contributed by atoms with Crippen molar-refractivity contribution in [3.05, 3.63) is 42.2 Å². The van der Waals surface area contributed by atoms with Crippen LogP contribution in [0.1, 0.15) is 37.6 Å². The van der Waals surface area contributed by atoms with Crippen LogP contribution in [0.4, 0.5) is 0 Å². The van der Waals surface area contributed by atoms with Crippen LogP contribution in [0.5, 0.6) is 0 Å². The molecule has 18 heavy (non-hydrogen) atoms. The summed E-state index contributed by atoms with van der Waals surface area (Å²) in [4.78, 5) is 4.20. The first-order valence-electron chi connectivity index (χ1n) is 6.60. The standard InChI is InChI=1S/C14H22N4/c1-4-14(15-3)12-6-7-17(9-12)10-13-8-16-11-18(13)5-2/h6-9,11,14-15H,4-5,10H2,1-3H3. The Kier molecular flexibility index (Phi) is 4.20. The van der Waals surface area contributed by atoms with Crippen LogP contribution < -0.4 is 5.32 Å². The number of nitrogens with zero attached hydrogens (tertiary/aromatic N) is 3. The smallest absolute Gasteiger partial charge is 0.0948 e. The molecule has 0 radical (unpaired) electrons. The number of imidazole rings is 1. The van der Waals surface area contributed by atoms with Crippen molar-refractivity contribution in [2.75, 3.05) is 7.05 Å². The van der Waals surface area contributed by atoms with Gasteiger partial charge in [-0.05, 0) is 32.0 Å². The number of rotatable bonds is 6. The monoisotopic (exact) mass is 246 g/mol. The number of hydrogen-bond acceptors (Lipinski definition) is 2. The van der Waals surface area contributed by atoms with Crippen molar-refractivity contribution in [1.29, 1.82) is 0 Å². The maximum absolute atomic E-state index is 4.20. The van der Waals surface area contributed by atoms with Crippen LogP contribution in [-0.2, 0) is 13.1 Å². The third kappa shape index (κ3) is 2.64. The summed E-state index contributed by atoms with van der Waals surface area (Å²) < 4.78 is 4.40. The molecule has 2 rings (SSSR count). The minimum absolute atomic E-state index is 0.447. The highest BCUT2D eigenvalue weighted by atomic mass is 15.1. The molecule has 2 heterocycles. The molecule has 0 bridgehead atoms. The molecule has 0 spiro atoms. The summed E-state index contributed by atoms with van der Waals surface area (Å²) >= 11 is 0. The third-order valence-electron chi connectivity index (χ3n) is 3.42. The van der Waals surface area contributed by atoms with Crippen LogP contribution in [0.2, 0.25) is 0 Å².